The van der Waals surface area contributed by atoms with E-state index in [1.165, 1.54) is 24.3 Å². The maximum atomic E-state index is 12.5. The summed E-state index contributed by atoms with van der Waals surface area (Å²) in [5, 5.41) is 2.59. The number of benzene rings is 1. The monoisotopic (exact) mass is 196 g/mol. The van der Waals surface area contributed by atoms with Crippen molar-refractivity contribution in [3.63, 3.8) is 0 Å². The first-order valence-electron chi connectivity index (χ1n) is 4.45. The molecule has 0 aromatic heterocycles. The second-order valence-electron chi connectivity index (χ2n) is 3.01. The molecule has 0 spiro atoms. The Morgan fingerprint density at radius 3 is 2.57 bits per heavy atom. The van der Waals surface area contributed by atoms with Crippen molar-refractivity contribution >= 4 is 11.6 Å². The first kappa shape index (κ1) is 10.7. The van der Waals surface area contributed by atoms with Gasteiger partial charge in [-0.3, -0.25) is 4.79 Å². The third-order valence-electron chi connectivity index (χ3n) is 1.89. The van der Waals surface area contributed by atoms with Crippen molar-refractivity contribution in [2.45, 2.75) is 19.4 Å². The van der Waals surface area contributed by atoms with E-state index in [1.807, 2.05) is 6.92 Å². The fraction of sp³-hybridized carbons (Fsp3) is 0.300. The first-order valence-corrected chi connectivity index (χ1v) is 4.45. The van der Waals surface area contributed by atoms with Crippen LogP contribution in [0.4, 0.5) is 10.1 Å². The van der Waals surface area contributed by atoms with E-state index in [2.05, 4.69) is 5.32 Å². The number of hydrogen-bond acceptors (Lipinski definition) is 2. The highest BCUT2D eigenvalue weighted by Crippen LogP contribution is 2.08. The van der Waals surface area contributed by atoms with Gasteiger partial charge in [0.15, 0.2) is 0 Å². The van der Waals surface area contributed by atoms with Crippen molar-refractivity contribution in [3.05, 3.63) is 30.1 Å². The number of amides is 1. The van der Waals surface area contributed by atoms with Crippen LogP contribution < -0.4 is 11.1 Å². The number of anilines is 1. The van der Waals surface area contributed by atoms with Gasteiger partial charge in [0.1, 0.15) is 5.82 Å². The van der Waals surface area contributed by atoms with Crippen LogP contribution in [0.25, 0.3) is 0 Å². The number of rotatable bonds is 3. The SMILES string of the molecule is CC[C@@H](N)C(=O)Nc1ccc(F)cc1. The van der Waals surface area contributed by atoms with Crippen LogP contribution in [-0.4, -0.2) is 11.9 Å². The van der Waals surface area contributed by atoms with Crippen molar-refractivity contribution < 1.29 is 9.18 Å². The molecule has 0 aliphatic carbocycles. The average molecular weight is 196 g/mol. The summed E-state index contributed by atoms with van der Waals surface area (Å²) in [6, 6.07) is 5.05. The highest BCUT2D eigenvalue weighted by atomic mass is 19.1. The molecule has 1 rings (SSSR count). The minimum absolute atomic E-state index is 0.251. The van der Waals surface area contributed by atoms with E-state index in [0.717, 1.165) is 0 Å². The molecule has 1 aromatic rings. The van der Waals surface area contributed by atoms with Gasteiger partial charge in [0.2, 0.25) is 5.91 Å². The zero-order chi connectivity index (χ0) is 10.6. The molecule has 76 valence electrons. The molecule has 0 aliphatic heterocycles. The molecule has 0 radical (unpaired) electrons. The molecule has 3 nitrogen and oxygen atoms in total. The molecule has 0 fully saturated rings. The number of carbonyl (C=O) groups excluding carboxylic acids is 1. The molecule has 1 amide bonds. The molecule has 0 aliphatic rings. The lowest BCUT2D eigenvalue weighted by molar-refractivity contribution is -0.117. The van der Waals surface area contributed by atoms with Gasteiger partial charge < -0.3 is 11.1 Å². The lowest BCUT2D eigenvalue weighted by Crippen LogP contribution is -2.34. The Morgan fingerprint density at radius 2 is 2.07 bits per heavy atom. The number of nitrogens with two attached hydrogens (primary N) is 1. The highest BCUT2D eigenvalue weighted by molar-refractivity contribution is 5.94. The second kappa shape index (κ2) is 4.72. The Kier molecular flexibility index (Phi) is 3.59. The topological polar surface area (TPSA) is 55.1 Å². The van der Waals surface area contributed by atoms with Crippen LogP contribution >= 0.6 is 0 Å². The van der Waals surface area contributed by atoms with E-state index in [4.69, 9.17) is 5.73 Å². The minimum atomic E-state index is -0.514. The van der Waals surface area contributed by atoms with Crippen LogP contribution in [0.1, 0.15) is 13.3 Å². The van der Waals surface area contributed by atoms with Crippen molar-refractivity contribution in [3.8, 4) is 0 Å². The second-order valence-corrected chi connectivity index (χ2v) is 3.01. The van der Waals surface area contributed by atoms with Crippen LogP contribution in [0.15, 0.2) is 24.3 Å². The van der Waals surface area contributed by atoms with Gasteiger partial charge in [-0.2, -0.15) is 0 Å². The van der Waals surface area contributed by atoms with Gasteiger partial charge in [-0.15, -0.1) is 0 Å². The lowest BCUT2D eigenvalue weighted by atomic mass is 10.2. The molecule has 0 saturated carbocycles. The molecule has 1 atom stereocenters. The Labute approximate surface area is 82.1 Å². The molecule has 4 heteroatoms. The first-order chi connectivity index (χ1) is 6.63. The largest absolute Gasteiger partial charge is 0.325 e. The Balaban J connectivity index is 2.60. The molecule has 0 heterocycles. The fourth-order valence-corrected chi connectivity index (χ4v) is 0.954. The van der Waals surface area contributed by atoms with Crippen LogP contribution in [0.2, 0.25) is 0 Å². The predicted molar refractivity (Wildman–Crippen MR) is 53.3 cm³/mol. The number of halogens is 1. The molecule has 0 bridgehead atoms. The zero-order valence-electron chi connectivity index (χ0n) is 7.96. The van der Waals surface area contributed by atoms with Crippen molar-refractivity contribution in [2.75, 3.05) is 5.32 Å². The van der Waals surface area contributed by atoms with Crippen LogP contribution in [-0.2, 0) is 4.79 Å². The van der Waals surface area contributed by atoms with E-state index < -0.39 is 6.04 Å². The summed E-state index contributed by atoms with van der Waals surface area (Å²) in [5.41, 5.74) is 6.06. The fourth-order valence-electron chi connectivity index (χ4n) is 0.954. The van der Waals surface area contributed by atoms with Gasteiger partial charge in [0.25, 0.3) is 0 Å². The molecule has 14 heavy (non-hydrogen) atoms. The third-order valence-corrected chi connectivity index (χ3v) is 1.89. The van der Waals surface area contributed by atoms with Crippen LogP contribution in [0.5, 0.6) is 0 Å². The normalized spacial score (nSPS) is 12.2. The molecule has 0 unspecified atom stereocenters. The lowest BCUT2D eigenvalue weighted by Gasteiger charge is -2.09. The van der Waals surface area contributed by atoms with Gasteiger partial charge in [0, 0.05) is 5.69 Å². The van der Waals surface area contributed by atoms with Gasteiger partial charge in [-0.1, -0.05) is 6.92 Å². The van der Waals surface area contributed by atoms with Crippen molar-refractivity contribution in [1.82, 2.24) is 0 Å². The summed E-state index contributed by atoms with van der Waals surface area (Å²) >= 11 is 0. The summed E-state index contributed by atoms with van der Waals surface area (Å²) in [6.07, 6.45) is 0.576. The van der Waals surface area contributed by atoms with E-state index in [9.17, 15) is 9.18 Å². The maximum Gasteiger partial charge on any atom is 0.241 e. The number of nitrogens with one attached hydrogen (secondary N) is 1. The maximum absolute atomic E-state index is 12.5. The number of hydrogen-bond donors (Lipinski definition) is 2. The van der Waals surface area contributed by atoms with Crippen LogP contribution in [0, 0.1) is 5.82 Å². The summed E-state index contributed by atoms with van der Waals surface area (Å²) in [7, 11) is 0. The summed E-state index contributed by atoms with van der Waals surface area (Å²) in [5.74, 6) is -0.582. The predicted octanol–water partition coefficient (Wildman–Crippen LogP) is 1.50. The van der Waals surface area contributed by atoms with E-state index in [1.54, 1.807) is 0 Å². The smallest absolute Gasteiger partial charge is 0.241 e. The summed E-state index contributed by atoms with van der Waals surface area (Å²) in [6.45, 7) is 1.83. The van der Waals surface area contributed by atoms with Crippen molar-refractivity contribution in [2.24, 2.45) is 5.73 Å². The molecular formula is C10H13FN2O. The van der Waals surface area contributed by atoms with E-state index in [0.29, 0.717) is 12.1 Å². The Hall–Kier alpha value is -1.42. The van der Waals surface area contributed by atoms with Gasteiger partial charge in [-0.25, -0.2) is 4.39 Å². The van der Waals surface area contributed by atoms with E-state index in [-0.39, 0.29) is 11.7 Å². The molecule has 3 N–H and O–H groups in total. The van der Waals surface area contributed by atoms with Gasteiger partial charge >= 0.3 is 0 Å². The Bertz CT molecular complexity index is 310. The molecule has 1 aromatic carbocycles. The number of carbonyl (C=O) groups is 1. The zero-order valence-corrected chi connectivity index (χ0v) is 7.96. The Morgan fingerprint density at radius 1 is 1.50 bits per heavy atom. The standard InChI is InChI=1S/C10H13FN2O/c1-2-9(12)10(14)13-8-5-3-7(11)4-6-8/h3-6,9H,2,12H2,1H3,(H,13,14)/t9-/m1/s1. The van der Waals surface area contributed by atoms with Gasteiger partial charge in [-0.05, 0) is 30.7 Å². The van der Waals surface area contributed by atoms with Crippen molar-refractivity contribution in [1.29, 1.82) is 0 Å². The minimum Gasteiger partial charge on any atom is -0.325 e. The highest BCUT2D eigenvalue weighted by Gasteiger charge is 2.10. The molecule has 0 saturated heterocycles. The summed E-state index contributed by atoms with van der Waals surface area (Å²) in [4.78, 5) is 11.3. The molecular weight excluding hydrogens is 183 g/mol. The third kappa shape index (κ3) is 2.81. The van der Waals surface area contributed by atoms with Crippen LogP contribution in [0.3, 0.4) is 0 Å². The average Bonchev–Trinajstić information content (AvgIpc) is 2.20. The quantitative estimate of drug-likeness (QED) is 0.769. The summed E-state index contributed by atoms with van der Waals surface area (Å²) < 4.78 is 12.5. The van der Waals surface area contributed by atoms with E-state index >= 15 is 0 Å². The van der Waals surface area contributed by atoms with Gasteiger partial charge in [0.05, 0.1) is 6.04 Å².